The molecule has 5 nitrogen and oxygen atoms in total. The summed E-state index contributed by atoms with van der Waals surface area (Å²) in [6, 6.07) is 0. The highest BCUT2D eigenvalue weighted by molar-refractivity contribution is 5.74. The Balaban J connectivity index is 1.71. The normalized spacial score (nSPS) is 28.3. The smallest absolute Gasteiger partial charge is 0.188 e. The van der Waals surface area contributed by atoms with Crippen LogP contribution < -0.4 is 5.73 Å². The minimum atomic E-state index is 0.201. The summed E-state index contributed by atoms with van der Waals surface area (Å²) in [7, 11) is 0. The summed E-state index contributed by atoms with van der Waals surface area (Å²) in [5.41, 5.74) is 5.44. The van der Waals surface area contributed by atoms with Crippen molar-refractivity contribution in [3.8, 4) is 0 Å². The van der Waals surface area contributed by atoms with Crippen molar-refractivity contribution in [2.24, 2.45) is 5.73 Å². The first-order valence-corrected chi connectivity index (χ1v) is 5.68. The van der Waals surface area contributed by atoms with Gasteiger partial charge in [-0.15, -0.1) is 0 Å². The fourth-order valence-corrected chi connectivity index (χ4v) is 2.25. The van der Waals surface area contributed by atoms with Gasteiger partial charge in [-0.05, 0) is 12.8 Å². The zero-order valence-corrected chi connectivity index (χ0v) is 9.11. The van der Waals surface area contributed by atoms with Crippen LogP contribution in [-0.4, -0.2) is 61.2 Å². The van der Waals surface area contributed by atoms with Gasteiger partial charge in [0.25, 0.3) is 0 Å². The summed E-state index contributed by atoms with van der Waals surface area (Å²) < 4.78 is 5.61. The molecule has 0 spiro atoms. The molecule has 2 fully saturated rings. The molecule has 2 saturated heterocycles. The molecule has 15 heavy (non-hydrogen) atoms. The first-order valence-electron chi connectivity index (χ1n) is 5.68. The minimum absolute atomic E-state index is 0.201. The Hall–Kier alpha value is -0.810. The summed E-state index contributed by atoms with van der Waals surface area (Å²) in [6.07, 6.45) is 2.85. The Kier molecular flexibility index (Phi) is 3.43. The SMILES string of the molecule is N=C(N)N1CCN(C[C@@H]2CCCO2)CC1. The highest BCUT2D eigenvalue weighted by atomic mass is 16.5. The number of nitrogens with zero attached hydrogens (tertiary/aromatic N) is 2. The molecule has 2 aliphatic rings. The molecular formula is C10H20N4O. The van der Waals surface area contributed by atoms with Crippen LogP contribution in [0, 0.1) is 5.41 Å². The first kappa shape index (κ1) is 10.7. The van der Waals surface area contributed by atoms with E-state index in [1.54, 1.807) is 0 Å². The third-order valence-corrected chi connectivity index (χ3v) is 3.20. The number of nitrogens with one attached hydrogen (secondary N) is 1. The zero-order chi connectivity index (χ0) is 10.7. The first-order chi connectivity index (χ1) is 7.25. The summed E-state index contributed by atoms with van der Waals surface area (Å²) in [6.45, 7) is 5.73. The van der Waals surface area contributed by atoms with Crippen LogP contribution in [0.3, 0.4) is 0 Å². The van der Waals surface area contributed by atoms with Crippen LogP contribution in [-0.2, 0) is 4.74 Å². The minimum Gasteiger partial charge on any atom is -0.377 e. The largest absolute Gasteiger partial charge is 0.377 e. The molecule has 0 amide bonds. The maximum atomic E-state index is 7.34. The molecule has 0 unspecified atom stereocenters. The van der Waals surface area contributed by atoms with Crippen LogP contribution in [0.1, 0.15) is 12.8 Å². The fraction of sp³-hybridized carbons (Fsp3) is 0.900. The van der Waals surface area contributed by atoms with Gasteiger partial charge >= 0.3 is 0 Å². The van der Waals surface area contributed by atoms with Gasteiger partial charge in [-0.2, -0.15) is 0 Å². The molecule has 0 radical (unpaired) electrons. The van der Waals surface area contributed by atoms with Gasteiger partial charge in [0, 0.05) is 39.3 Å². The molecule has 1 atom stereocenters. The number of piperazine rings is 1. The topological polar surface area (TPSA) is 65.6 Å². The molecule has 0 aromatic heterocycles. The van der Waals surface area contributed by atoms with Crippen LogP contribution in [0.15, 0.2) is 0 Å². The number of rotatable bonds is 2. The van der Waals surface area contributed by atoms with Crippen molar-refractivity contribution < 1.29 is 4.74 Å². The second-order valence-corrected chi connectivity index (χ2v) is 4.31. The van der Waals surface area contributed by atoms with Gasteiger partial charge in [-0.25, -0.2) is 0 Å². The second kappa shape index (κ2) is 4.81. The lowest BCUT2D eigenvalue weighted by Gasteiger charge is -2.35. The molecule has 0 aromatic carbocycles. The average molecular weight is 212 g/mol. The Morgan fingerprint density at radius 2 is 2.07 bits per heavy atom. The van der Waals surface area contributed by atoms with Crippen molar-refractivity contribution in [1.82, 2.24) is 9.80 Å². The van der Waals surface area contributed by atoms with Crippen LogP contribution in [0.5, 0.6) is 0 Å². The van der Waals surface area contributed by atoms with E-state index in [9.17, 15) is 0 Å². The lowest BCUT2D eigenvalue weighted by atomic mass is 10.2. The Morgan fingerprint density at radius 1 is 1.33 bits per heavy atom. The Labute approximate surface area is 90.7 Å². The molecular weight excluding hydrogens is 192 g/mol. The van der Waals surface area contributed by atoms with Gasteiger partial charge in [0.1, 0.15) is 0 Å². The predicted octanol–water partition coefficient (Wildman–Crippen LogP) is -0.324. The van der Waals surface area contributed by atoms with E-state index in [0.717, 1.165) is 39.3 Å². The highest BCUT2D eigenvalue weighted by Crippen LogP contribution is 2.14. The van der Waals surface area contributed by atoms with E-state index in [1.165, 1.54) is 12.8 Å². The molecule has 0 aliphatic carbocycles. The number of hydrogen-bond donors (Lipinski definition) is 2. The number of guanidine groups is 1. The van der Waals surface area contributed by atoms with E-state index in [0.29, 0.717) is 6.10 Å². The standard InChI is InChI=1S/C10H20N4O/c11-10(12)14-5-3-13(4-6-14)8-9-2-1-7-15-9/h9H,1-8H2,(H3,11,12)/t9-/m0/s1. The lowest BCUT2D eigenvalue weighted by molar-refractivity contribution is 0.0601. The summed E-state index contributed by atoms with van der Waals surface area (Å²) in [4.78, 5) is 4.33. The average Bonchev–Trinajstić information content (AvgIpc) is 2.71. The van der Waals surface area contributed by atoms with Gasteiger partial charge in [0.2, 0.25) is 0 Å². The van der Waals surface area contributed by atoms with E-state index in [2.05, 4.69) is 4.90 Å². The van der Waals surface area contributed by atoms with Gasteiger partial charge in [-0.1, -0.05) is 0 Å². The fourth-order valence-electron chi connectivity index (χ4n) is 2.25. The van der Waals surface area contributed by atoms with E-state index in [1.807, 2.05) is 4.90 Å². The van der Waals surface area contributed by atoms with Gasteiger partial charge in [0.05, 0.1) is 6.10 Å². The van der Waals surface area contributed by atoms with Gasteiger partial charge in [-0.3, -0.25) is 10.3 Å². The second-order valence-electron chi connectivity index (χ2n) is 4.31. The molecule has 3 N–H and O–H groups in total. The van der Waals surface area contributed by atoms with Gasteiger partial charge in [0.15, 0.2) is 5.96 Å². The Bertz CT molecular complexity index is 219. The summed E-state index contributed by atoms with van der Waals surface area (Å²) in [5, 5.41) is 7.34. The van der Waals surface area contributed by atoms with Crippen LogP contribution in [0.4, 0.5) is 0 Å². The number of ether oxygens (including phenoxy) is 1. The molecule has 5 heteroatoms. The zero-order valence-electron chi connectivity index (χ0n) is 9.11. The summed E-state index contributed by atoms with van der Waals surface area (Å²) in [5.74, 6) is 0.201. The molecule has 0 aromatic rings. The molecule has 2 aliphatic heterocycles. The number of nitrogens with two attached hydrogens (primary N) is 1. The molecule has 2 heterocycles. The van der Waals surface area contributed by atoms with Crippen molar-refractivity contribution in [2.75, 3.05) is 39.3 Å². The number of hydrogen-bond acceptors (Lipinski definition) is 3. The predicted molar refractivity (Wildman–Crippen MR) is 58.9 cm³/mol. The van der Waals surface area contributed by atoms with Crippen molar-refractivity contribution in [3.63, 3.8) is 0 Å². The molecule has 0 bridgehead atoms. The maximum Gasteiger partial charge on any atom is 0.188 e. The quantitative estimate of drug-likeness (QED) is 0.486. The van der Waals surface area contributed by atoms with E-state index < -0.39 is 0 Å². The molecule has 86 valence electrons. The Morgan fingerprint density at radius 3 is 2.60 bits per heavy atom. The van der Waals surface area contributed by atoms with E-state index in [4.69, 9.17) is 15.9 Å². The summed E-state index contributed by atoms with van der Waals surface area (Å²) >= 11 is 0. The monoisotopic (exact) mass is 212 g/mol. The molecule has 0 saturated carbocycles. The van der Waals surface area contributed by atoms with Crippen molar-refractivity contribution in [3.05, 3.63) is 0 Å². The maximum absolute atomic E-state index is 7.34. The highest BCUT2D eigenvalue weighted by Gasteiger charge is 2.22. The van der Waals surface area contributed by atoms with Crippen LogP contribution in [0.25, 0.3) is 0 Å². The van der Waals surface area contributed by atoms with E-state index in [-0.39, 0.29) is 5.96 Å². The third-order valence-electron chi connectivity index (χ3n) is 3.20. The van der Waals surface area contributed by atoms with Gasteiger partial charge < -0.3 is 15.4 Å². The van der Waals surface area contributed by atoms with Crippen LogP contribution >= 0.6 is 0 Å². The van der Waals surface area contributed by atoms with Crippen molar-refractivity contribution in [2.45, 2.75) is 18.9 Å². The van der Waals surface area contributed by atoms with Crippen LogP contribution in [0.2, 0.25) is 0 Å². The van der Waals surface area contributed by atoms with Crippen molar-refractivity contribution in [1.29, 1.82) is 5.41 Å². The molecule has 2 rings (SSSR count). The van der Waals surface area contributed by atoms with E-state index >= 15 is 0 Å². The third kappa shape index (κ3) is 2.82. The lowest BCUT2D eigenvalue weighted by Crippen LogP contribution is -2.52. The van der Waals surface area contributed by atoms with Crippen molar-refractivity contribution >= 4 is 5.96 Å².